The largest absolute Gasteiger partial charge is 0.383 e. The fraction of sp³-hybridized carbons (Fsp3) is 0. The molecule has 2 N–H and O–H groups in total. The molecular formula is C12H8ClFN2O. The highest BCUT2D eigenvalue weighted by Crippen LogP contribution is 2.17. The van der Waals surface area contributed by atoms with Crippen molar-refractivity contribution in [2.45, 2.75) is 0 Å². The molecule has 0 saturated heterocycles. The second-order valence-corrected chi connectivity index (χ2v) is 3.79. The first kappa shape index (κ1) is 11.5. The van der Waals surface area contributed by atoms with Crippen molar-refractivity contribution < 1.29 is 9.18 Å². The van der Waals surface area contributed by atoms with Crippen molar-refractivity contribution in [1.29, 1.82) is 0 Å². The van der Waals surface area contributed by atoms with Crippen molar-refractivity contribution in [2.24, 2.45) is 0 Å². The van der Waals surface area contributed by atoms with Crippen LogP contribution in [0.15, 0.2) is 36.4 Å². The summed E-state index contributed by atoms with van der Waals surface area (Å²) in [4.78, 5) is 15.8. The van der Waals surface area contributed by atoms with Gasteiger partial charge in [-0.2, -0.15) is 0 Å². The minimum absolute atomic E-state index is 0.0619. The average Bonchev–Trinajstić information content (AvgIpc) is 2.29. The van der Waals surface area contributed by atoms with Gasteiger partial charge in [0.15, 0.2) is 5.78 Å². The Balaban J connectivity index is 2.40. The van der Waals surface area contributed by atoms with E-state index in [0.29, 0.717) is 5.56 Å². The Morgan fingerprint density at radius 1 is 1.18 bits per heavy atom. The normalized spacial score (nSPS) is 10.2. The molecule has 3 nitrogen and oxygen atoms in total. The SMILES string of the molecule is Nc1nc(Cl)ccc1C(=O)c1ccc(F)cc1. The highest BCUT2D eigenvalue weighted by atomic mass is 35.5. The molecule has 0 spiro atoms. The zero-order chi connectivity index (χ0) is 12.4. The number of halogens is 2. The minimum atomic E-state index is -0.399. The summed E-state index contributed by atoms with van der Waals surface area (Å²) < 4.78 is 12.7. The summed E-state index contributed by atoms with van der Waals surface area (Å²) in [5, 5.41) is 0.221. The van der Waals surface area contributed by atoms with Crippen LogP contribution in [-0.2, 0) is 0 Å². The lowest BCUT2D eigenvalue weighted by molar-refractivity contribution is 0.103. The van der Waals surface area contributed by atoms with Crippen molar-refractivity contribution in [1.82, 2.24) is 4.98 Å². The van der Waals surface area contributed by atoms with Crippen LogP contribution in [0.3, 0.4) is 0 Å². The molecule has 2 aromatic rings. The molecule has 0 aliphatic carbocycles. The lowest BCUT2D eigenvalue weighted by Gasteiger charge is -2.04. The van der Waals surface area contributed by atoms with E-state index in [-0.39, 0.29) is 22.3 Å². The average molecular weight is 251 g/mol. The fourth-order valence-electron chi connectivity index (χ4n) is 1.40. The van der Waals surface area contributed by atoms with E-state index in [0.717, 1.165) is 0 Å². The van der Waals surface area contributed by atoms with Gasteiger partial charge in [0.1, 0.15) is 16.8 Å². The second-order valence-electron chi connectivity index (χ2n) is 3.40. The lowest BCUT2D eigenvalue weighted by Crippen LogP contribution is -2.07. The number of anilines is 1. The molecule has 17 heavy (non-hydrogen) atoms. The van der Waals surface area contributed by atoms with E-state index in [4.69, 9.17) is 17.3 Å². The first-order chi connectivity index (χ1) is 8.08. The Morgan fingerprint density at radius 2 is 1.82 bits per heavy atom. The van der Waals surface area contributed by atoms with Crippen molar-refractivity contribution in [3.63, 3.8) is 0 Å². The topological polar surface area (TPSA) is 56.0 Å². The molecule has 0 unspecified atom stereocenters. The van der Waals surface area contributed by atoms with E-state index in [1.165, 1.54) is 36.4 Å². The van der Waals surface area contributed by atoms with E-state index in [1.807, 2.05) is 0 Å². The predicted molar refractivity (Wildman–Crippen MR) is 63.5 cm³/mol. The molecular weight excluding hydrogens is 243 g/mol. The van der Waals surface area contributed by atoms with Crippen LogP contribution in [-0.4, -0.2) is 10.8 Å². The monoisotopic (exact) mass is 250 g/mol. The first-order valence-corrected chi connectivity index (χ1v) is 5.18. The minimum Gasteiger partial charge on any atom is -0.383 e. The Bertz CT molecular complexity index is 569. The van der Waals surface area contributed by atoms with Crippen molar-refractivity contribution in [3.8, 4) is 0 Å². The summed E-state index contributed by atoms with van der Waals surface area (Å²) in [6, 6.07) is 8.20. The van der Waals surface area contributed by atoms with Gasteiger partial charge in [0.05, 0.1) is 5.56 Å². The number of aromatic nitrogens is 1. The standard InChI is InChI=1S/C12H8ClFN2O/c13-10-6-5-9(12(15)16-10)11(17)7-1-3-8(14)4-2-7/h1-6H,(H2,15,16). The molecule has 86 valence electrons. The van der Waals surface area contributed by atoms with Crippen LogP contribution < -0.4 is 5.73 Å². The Kier molecular flexibility index (Phi) is 3.06. The van der Waals surface area contributed by atoms with Gasteiger partial charge in [0, 0.05) is 5.56 Å². The number of carbonyl (C=O) groups excluding carboxylic acids is 1. The predicted octanol–water partition coefficient (Wildman–Crippen LogP) is 2.69. The molecule has 5 heteroatoms. The summed E-state index contributed by atoms with van der Waals surface area (Å²) >= 11 is 5.64. The maximum Gasteiger partial charge on any atom is 0.196 e. The highest BCUT2D eigenvalue weighted by molar-refractivity contribution is 6.29. The highest BCUT2D eigenvalue weighted by Gasteiger charge is 2.13. The molecule has 0 aliphatic heterocycles. The van der Waals surface area contributed by atoms with Crippen LogP contribution in [0.25, 0.3) is 0 Å². The molecule has 0 saturated carbocycles. The Hall–Kier alpha value is -1.94. The van der Waals surface area contributed by atoms with Gasteiger partial charge in [-0.3, -0.25) is 4.79 Å². The fourth-order valence-corrected chi connectivity index (χ4v) is 1.55. The number of rotatable bonds is 2. The number of nitrogens with zero attached hydrogens (tertiary/aromatic N) is 1. The Labute approximate surface area is 102 Å². The number of benzene rings is 1. The zero-order valence-corrected chi connectivity index (χ0v) is 9.41. The molecule has 0 radical (unpaired) electrons. The lowest BCUT2D eigenvalue weighted by atomic mass is 10.0. The van der Waals surface area contributed by atoms with Gasteiger partial charge in [-0.25, -0.2) is 9.37 Å². The molecule has 0 amide bonds. The third-order valence-electron chi connectivity index (χ3n) is 2.24. The molecule has 2 rings (SSSR count). The molecule has 0 atom stereocenters. The zero-order valence-electron chi connectivity index (χ0n) is 8.65. The van der Waals surface area contributed by atoms with Gasteiger partial charge in [-0.1, -0.05) is 11.6 Å². The summed E-state index contributed by atoms with van der Waals surface area (Å²) in [6.07, 6.45) is 0. The summed E-state index contributed by atoms with van der Waals surface area (Å²) in [7, 11) is 0. The molecule has 0 bridgehead atoms. The Morgan fingerprint density at radius 3 is 2.41 bits per heavy atom. The first-order valence-electron chi connectivity index (χ1n) is 4.80. The van der Waals surface area contributed by atoms with Gasteiger partial charge in [-0.15, -0.1) is 0 Å². The van der Waals surface area contributed by atoms with Gasteiger partial charge in [0.2, 0.25) is 0 Å². The number of ketones is 1. The number of pyridine rings is 1. The van der Waals surface area contributed by atoms with E-state index in [2.05, 4.69) is 4.98 Å². The third kappa shape index (κ3) is 2.42. The van der Waals surface area contributed by atoms with Crippen LogP contribution >= 0.6 is 11.6 Å². The van der Waals surface area contributed by atoms with E-state index in [1.54, 1.807) is 0 Å². The molecule has 1 aromatic carbocycles. The van der Waals surface area contributed by atoms with Crippen LogP contribution in [0, 0.1) is 5.82 Å². The molecule has 0 fully saturated rings. The maximum absolute atomic E-state index is 12.7. The maximum atomic E-state index is 12.7. The van der Waals surface area contributed by atoms with Gasteiger partial charge >= 0.3 is 0 Å². The van der Waals surface area contributed by atoms with Crippen molar-refractivity contribution in [3.05, 3.63) is 58.5 Å². The molecule has 1 aromatic heterocycles. The molecule has 0 aliphatic rings. The van der Waals surface area contributed by atoms with Crippen LogP contribution in [0.1, 0.15) is 15.9 Å². The number of nitrogen functional groups attached to an aromatic ring is 1. The van der Waals surface area contributed by atoms with Gasteiger partial charge in [-0.05, 0) is 36.4 Å². The summed E-state index contributed by atoms with van der Waals surface area (Å²) in [6.45, 7) is 0. The quantitative estimate of drug-likeness (QED) is 0.659. The van der Waals surface area contributed by atoms with Crippen molar-refractivity contribution in [2.75, 3.05) is 5.73 Å². The smallest absolute Gasteiger partial charge is 0.196 e. The van der Waals surface area contributed by atoms with E-state index >= 15 is 0 Å². The van der Waals surface area contributed by atoms with Gasteiger partial charge < -0.3 is 5.73 Å². The van der Waals surface area contributed by atoms with Gasteiger partial charge in [0.25, 0.3) is 0 Å². The number of hydrogen-bond donors (Lipinski definition) is 1. The van der Waals surface area contributed by atoms with Crippen LogP contribution in [0.5, 0.6) is 0 Å². The number of nitrogens with two attached hydrogens (primary N) is 1. The summed E-state index contributed by atoms with van der Waals surface area (Å²) in [5.74, 6) is -0.651. The summed E-state index contributed by atoms with van der Waals surface area (Å²) in [5.41, 5.74) is 6.20. The number of hydrogen-bond acceptors (Lipinski definition) is 3. The third-order valence-corrected chi connectivity index (χ3v) is 2.45. The second kappa shape index (κ2) is 4.51. The molecule has 1 heterocycles. The number of carbonyl (C=O) groups is 1. The van der Waals surface area contributed by atoms with E-state index in [9.17, 15) is 9.18 Å². The van der Waals surface area contributed by atoms with Crippen LogP contribution in [0.2, 0.25) is 5.15 Å². The van der Waals surface area contributed by atoms with Crippen molar-refractivity contribution >= 4 is 23.2 Å². The van der Waals surface area contributed by atoms with E-state index < -0.39 is 5.82 Å². The van der Waals surface area contributed by atoms with Crippen LogP contribution in [0.4, 0.5) is 10.2 Å².